The Morgan fingerprint density at radius 2 is 1.97 bits per heavy atom. The number of carbonyl (C=O) groups is 1. The van der Waals surface area contributed by atoms with Gasteiger partial charge >= 0.3 is 5.97 Å². The quantitative estimate of drug-likeness (QED) is 0.602. The minimum Gasteiger partial charge on any atom is -0.481 e. The van der Waals surface area contributed by atoms with Gasteiger partial charge in [0.05, 0.1) is 25.3 Å². The van der Waals surface area contributed by atoms with Gasteiger partial charge in [0.1, 0.15) is 35.9 Å². The zero-order valence-corrected chi connectivity index (χ0v) is 17.4. The number of ether oxygens (including phenoxy) is 3. The number of aliphatic carboxylic acids is 1. The smallest absolute Gasteiger partial charge is 0.306 e. The third-order valence-corrected chi connectivity index (χ3v) is 5.86. The second-order valence-electron chi connectivity index (χ2n) is 8.06. The van der Waals surface area contributed by atoms with Gasteiger partial charge in [-0.3, -0.25) is 4.79 Å². The first-order chi connectivity index (χ1) is 16.0. The number of nitrogens with zero attached hydrogens (tertiary/aromatic N) is 3. The third-order valence-electron chi connectivity index (χ3n) is 5.86. The van der Waals surface area contributed by atoms with Gasteiger partial charge in [0.2, 0.25) is 0 Å². The van der Waals surface area contributed by atoms with E-state index in [0.717, 1.165) is 5.56 Å². The number of benzene rings is 2. The molecule has 9 nitrogen and oxygen atoms in total. The number of carboxylic acids is 1. The number of halogens is 1. The number of rotatable bonds is 5. The minimum atomic E-state index is -1.24. The van der Waals surface area contributed by atoms with Gasteiger partial charge in [-0.1, -0.05) is 47.7 Å². The Hall–Kier alpha value is -3.18. The number of aliphatic hydroxyl groups is 1. The van der Waals surface area contributed by atoms with Crippen LogP contribution in [0, 0.1) is 5.82 Å². The highest BCUT2D eigenvalue weighted by molar-refractivity contribution is 5.67. The number of aromatic nitrogens is 3. The number of hydrogen-bond donors (Lipinski definition) is 2. The molecule has 2 N–H and O–H groups in total. The molecule has 0 aliphatic carbocycles. The lowest BCUT2D eigenvalue weighted by Crippen LogP contribution is -2.59. The standard InChI is InChI=1S/C23H22FN3O6/c24-15-8-4-7-14(9-15)16-11-27(26-25-16)20-21(30)17(10-19(28)29)32-18-12-31-23(33-22(18)20)13-5-2-1-3-6-13/h1-9,11,17-18,20-23,30H,10,12H2,(H,28,29)/t17-,18+,20+,21-,22-,23?/m0/s1. The first kappa shape index (κ1) is 21.7. The highest BCUT2D eigenvalue weighted by Crippen LogP contribution is 2.40. The Morgan fingerprint density at radius 1 is 1.15 bits per heavy atom. The van der Waals surface area contributed by atoms with Crippen molar-refractivity contribution in [3.05, 3.63) is 72.2 Å². The average Bonchev–Trinajstić information content (AvgIpc) is 3.29. The fourth-order valence-corrected chi connectivity index (χ4v) is 4.32. The second-order valence-corrected chi connectivity index (χ2v) is 8.06. The normalized spacial score (nSPS) is 29.4. The fourth-order valence-electron chi connectivity index (χ4n) is 4.32. The van der Waals surface area contributed by atoms with Crippen molar-refractivity contribution in [1.82, 2.24) is 15.0 Å². The molecule has 3 heterocycles. The van der Waals surface area contributed by atoms with Crippen LogP contribution in [0.2, 0.25) is 0 Å². The summed E-state index contributed by atoms with van der Waals surface area (Å²) < 4.78 is 33.0. The molecule has 1 aromatic heterocycles. The number of hydrogen-bond acceptors (Lipinski definition) is 7. The largest absolute Gasteiger partial charge is 0.481 e. The third kappa shape index (κ3) is 4.38. The Bertz CT molecular complexity index is 1130. The maximum Gasteiger partial charge on any atom is 0.306 e. The summed E-state index contributed by atoms with van der Waals surface area (Å²) in [7, 11) is 0. The molecular formula is C23H22FN3O6. The van der Waals surface area contributed by atoms with Crippen LogP contribution < -0.4 is 0 Å². The zero-order chi connectivity index (χ0) is 22.9. The lowest BCUT2D eigenvalue weighted by molar-refractivity contribution is -0.316. The van der Waals surface area contributed by atoms with E-state index in [2.05, 4.69) is 10.3 Å². The van der Waals surface area contributed by atoms with E-state index in [9.17, 15) is 19.4 Å². The van der Waals surface area contributed by atoms with Crippen molar-refractivity contribution in [1.29, 1.82) is 0 Å². The molecule has 3 aromatic rings. The molecule has 33 heavy (non-hydrogen) atoms. The summed E-state index contributed by atoms with van der Waals surface area (Å²) in [6, 6.07) is 14.5. The lowest BCUT2D eigenvalue weighted by atomic mass is 9.90. The predicted molar refractivity (Wildman–Crippen MR) is 111 cm³/mol. The van der Waals surface area contributed by atoms with Crippen LogP contribution in [0.25, 0.3) is 11.3 Å². The van der Waals surface area contributed by atoms with Crippen LogP contribution in [0.5, 0.6) is 0 Å². The van der Waals surface area contributed by atoms with Crippen LogP contribution in [0.3, 0.4) is 0 Å². The van der Waals surface area contributed by atoms with Crippen molar-refractivity contribution in [3.63, 3.8) is 0 Å². The Kier molecular flexibility index (Phi) is 5.90. The van der Waals surface area contributed by atoms with Crippen LogP contribution >= 0.6 is 0 Å². The van der Waals surface area contributed by atoms with E-state index in [1.54, 1.807) is 18.3 Å². The molecule has 2 saturated heterocycles. The van der Waals surface area contributed by atoms with E-state index in [4.69, 9.17) is 14.2 Å². The molecule has 2 aromatic carbocycles. The Balaban J connectivity index is 1.48. The van der Waals surface area contributed by atoms with Gasteiger partial charge in [0.25, 0.3) is 0 Å². The van der Waals surface area contributed by atoms with Gasteiger partial charge in [0.15, 0.2) is 6.29 Å². The number of carboxylic acid groups (broad SMARTS) is 1. The molecule has 172 valence electrons. The summed E-state index contributed by atoms with van der Waals surface area (Å²) >= 11 is 0. The SMILES string of the molecule is O=C(O)C[C@@H]1O[C@@H]2COC(c3ccccc3)O[C@@H]2[C@H](n2cc(-c3cccc(F)c3)nn2)[C@H]1O. The van der Waals surface area contributed by atoms with Crippen LogP contribution in [0.1, 0.15) is 24.3 Å². The summed E-state index contributed by atoms with van der Waals surface area (Å²) in [5.74, 6) is -1.51. The minimum absolute atomic E-state index is 0.148. The average molecular weight is 455 g/mol. The molecule has 2 aliphatic rings. The zero-order valence-electron chi connectivity index (χ0n) is 17.4. The summed E-state index contributed by atoms with van der Waals surface area (Å²) in [6.45, 7) is 0.148. The molecule has 0 bridgehead atoms. The molecule has 2 aliphatic heterocycles. The van der Waals surface area contributed by atoms with Gasteiger partial charge in [-0.25, -0.2) is 9.07 Å². The summed E-state index contributed by atoms with van der Waals surface area (Å²) in [5.41, 5.74) is 1.73. The van der Waals surface area contributed by atoms with Crippen LogP contribution in [-0.2, 0) is 19.0 Å². The van der Waals surface area contributed by atoms with Crippen molar-refractivity contribution in [2.45, 2.75) is 43.2 Å². The topological polar surface area (TPSA) is 116 Å². The summed E-state index contributed by atoms with van der Waals surface area (Å²) in [4.78, 5) is 11.4. The van der Waals surface area contributed by atoms with E-state index < -0.39 is 55.0 Å². The lowest BCUT2D eigenvalue weighted by Gasteiger charge is -2.47. The molecule has 0 spiro atoms. The van der Waals surface area contributed by atoms with Crippen molar-refractivity contribution in [3.8, 4) is 11.3 Å². The number of aliphatic hydroxyl groups excluding tert-OH is 1. The summed E-state index contributed by atoms with van der Waals surface area (Å²) in [6.07, 6.45) is -3.04. The van der Waals surface area contributed by atoms with Crippen LogP contribution in [-0.4, -0.2) is 62.2 Å². The van der Waals surface area contributed by atoms with Crippen molar-refractivity contribution in [2.24, 2.45) is 0 Å². The Labute approximate surface area is 188 Å². The molecule has 0 radical (unpaired) electrons. The Morgan fingerprint density at radius 3 is 2.73 bits per heavy atom. The first-order valence-electron chi connectivity index (χ1n) is 10.5. The molecule has 10 heteroatoms. The second kappa shape index (κ2) is 8.99. The molecule has 0 amide bonds. The van der Waals surface area contributed by atoms with Gasteiger partial charge in [-0.15, -0.1) is 5.10 Å². The molecule has 0 saturated carbocycles. The van der Waals surface area contributed by atoms with Crippen LogP contribution in [0.15, 0.2) is 60.8 Å². The maximum absolute atomic E-state index is 13.7. The molecule has 1 unspecified atom stereocenters. The highest BCUT2D eigenvalue weighted by Gasteiger charge is 2.51. The molecule has 2 fully saturated rings. The first-order valence-corrected chi connectivity index (χ1v) is 10.5. The van der Waals surface area contributed by atoms with Crippen molar-refractivity contribution < 1.29 is 33.6 Å². The van der Waals surface area contributed by atoms with Gasteiger partial charge in [0, 0.05) is 11.1 Å². The van der Waals surface area contributed by atoms with E-state index in [1.165, 1.54) is 16.8 Å². The van der Waals surface area contributed by atoms with E-state index in [-0.39, 0.29) is 6.61 Å². The van der Waals surface area contributed by atoms with Gasteiger partial charge in [-0.2, -0.15) is 0 Å². The van der Waals surface area contributed by atoms with E-state index in [1.807, 2.05) is 30.3 Å². The van der Waals surface area contributed by atoms with Crippen molar-refractivity contribution in [2.75, 3.05) is 6.61 Å². The maximum atomic E-state index is 13.7. The predicted octanol–water partition coefficient (Wildman–Crippen LogP) is 2.34. The molecule has 6 atom stereocenters. The number of fused-ring (bicyclic) bond motifs is 1. The monoisotopic (exact) mass is 455 g/mol. The van der Waals surface area contributed by atoms with Gasteiger partial charge in [-0.05, 0) is 12.1 Å². The van der Waals surface area contributed by atoms with Crippen molar-refractivity contribution >= 4 is 5.97 Å². The summed E-state index contributed by atoms with van der Waals surface area (Å²) in [5, 5.41) is 28.7. The van der Waals surface area contributed by atoms with Gasteiger partial charge < -0.3 is 24.4 Å². The van der Waals surface area contributed by atoms with E-state index >= 15 is 0 Å². The molecular weight excluding hydrogens is 433 g/mol. The van der Waals surface area contributed by atoms with E-state index in [0.29, 0.717) is 11.3 Å². The molecule has 5 rings (SSSR count). The fraction of sp³-hybridized carbons (Fsp3) is 0.348. The highest BCUT2D eigenvalue weighted by atomic mass is 19.1. The van der Waals surface area contributed by atoms with Crippen LogP contribution in [0.4, 0.5) is 4.39 Å².